The van der Waals surface area contributed by atoms with Crippen molar-refractivity contribution < 1.29 is 19.8 Å². The molecule has 0 saturated heterocycles. The quantitative estimate of drug-likeness (QED) is 0.0769. The predicted molar refractivity (Wildman–Crippen MR) is 226 cm³/mol. The van der Waals surface area contributed by atoms with Crippen LogP contribution in [-0.2, 0) is 18.3 Å². The molecule has 1 aliphatic carbocycles. The summed E-state index contributed by atoms with van der Waals surface area (Å²) in [5.41, 5.74) is 2.89. The van der Waals surface area contributed by atoms with Crippen LogP contribution in [0.4, 0.5) is 0 Å². The van der Waals surface area contributed by atoms with Crippen LogP contribution in [0.15, 0.2) is 86.3 Å². The van der Waals surface area contributed by atoms with E-state index in [0.29, 0.717) is 33.8 Å². The van der Waals surface area contributed by atoms with Gasteiger partial charge in [0.05, 0.1) is 22.3 Å². The summed E-state index contributed by atoms with van der Waals surface area (Å²) in [7, 11) is 0. The maximum atomic E-state index is 15.0. The normalized spacial score (nSPS) is 12.6. The van der Waals surface area contributed by atoms with Crippen molar-refractivity contribution in [1.82, 2.24) is 0 Å². The highest BCUT2D eigenvalue weighted by atomic mass is 32.2. The van der Waals surface area contributed by atoms with Crippen molar-refractivity contribution in [2.45, 2.75) is 162 Å². The molecule has 0 bridgehead atoms. The first kappa shape index (κ1) is 41.7. The fraction of sp³-hybridized carbons (Fsp3) is 0.458. The number of hydrogen-bond acceptors (Lipinski definition) is 6. The zero-order chi connectivity index (χ0) is 38.7. The van der Waals surface area contributed by atoms with Gasteiger partial charge < -0.3 is 10.2 Å². The van der Waals surface area contributed by atoms with Gasteiger partial charge in [0.15, 0.2) is 11.6 Å². The Morgan fingerprint density at radius 3 is 1.41 bits per heavy atom. The van der Waals surface area contributed by atoms with Crippen LogP contribution in [-0.4, -0.2) is 21.8 Å². The molecular formula is C48H60O4S2. The van der Waals surface area contributed by atoms with E-state index in [4.69, 9.17) is 0 Å². The molecule has 5 rings (SSSR count). The number of unbranched alkanes of at least 4 members (excludes halogenated alkanes) is 12. The topological polar surface area (TPSA) is 74.6 Å². The van der Waals surface area contributed by atoms with Gasteiger partial charge in [0.25, 0.3) is 0 Å². The van der Waals surface area contributed by atoms with Gasteiger partial charge in [0, 0.05) is 19.6 Å². The summed E-state index contributed by atoms with van der Waals surface area (Å²) in [6.07, 6.45) is 17.2. The first-order valence-electron chi connectivity index (χ1n) is 20.4. The number of phenols is 2. The molecule has 0 radical (unpaired) electrons. The van der Waals surface area contributed by atoms with Crippen molar-refractivity contribution in [1.29, 1.82) is 0 Å². The Kier molecular flexibility index (Phi) is 15.4. The number of ketones is 2. The second-order valence-corrected chi connectivity index (χ2v) is 18.1. The van der Waals surface area contributed by atoms with Crippen LogP contribution in [0.5, 0.6) is 11.5 Å². The van der Waals surface area contributed by atoms with Gasteiger partial charge in [-0.25, -0.2) is 0 Å². The second kappa shape index (κ2) is 19.9. The molecule has 2 N–H and O–H groups in total. The SMILES string of the molecule is CCCCCCCCCc1cc(Sc2ccccc2)c2c(c1O)C(=O)c1c(Sc3ccccc3C(C)(C)C)cc(CCCCCCCCC)c(O)c1C2=O. The Hall–Kier alpha value is -3.48. The summed E-state index contributed by atoms with van der Waals surface area (Å²) in [5, 5.41) is 23.9. The molecule has 54 heavy (non-hydrogen) atoms. The maximum Gasteiger partial charge on any atom is 0.199 e. The van der Waals surface area contributed by atoms with Crippen molar-refractivity contribution in [3.63, 3.8) is 0 Å². The van der Waals surface area contributed by atoms with Crippen molar-refractivity contribution in [2.24, 2.45) is 0 Å². The number of phenolic OH excluding ortho intramolecular Hbond substituents is 2. The van der Waals surface area contributed by atoms with Crippen LogP contribution in [0.25, 0.3) is 0 Å². The number of fused-ring (bicyclic) bond motifs is 2. The molecule has 0 aliphatic heterocycles. The summed E-state index contributed by atoms with van der Waals surface area (Å²) in [6, 6.07) is 21.9. The van der Waals surface area contributed by atoms with Crippen LogP contribution in [0.1, 0.15) is 173 Å². The minimum atomic E-state index is -0.402. The Morgan fingerprint density at radius 2 is 0.926 bits per heavy atom. The number of carbonyl (C=O) groups excluding carboxylic acids is 2. The molecule has 0 unspecified atom stereocenters. The molecule has 0 aromatic heterocycles. The van der Waals surface area contributed by atoms with Crippen molar-refractivity contribution in [3.8, 4) is 11.5 Å². The lowest BCUT2D eigenvalue weighted by Gasteiger charge is -2.27. The fourth-order valence-electron chi connectivity index (χ4n) is 7.54. The Labute approximate surface area is 333 Å². The van der Waals surface area contributed by atoms with E-state index >= 15 is 4.79 Å². The third kappa shape index (κ3) is 10.2. The Bertz CT molecular complexity index is 1890. The standard InChI is InChI=1S/C48H60O4S2/c1-6-8-10-12-14-16-19-25-33-31-38(53-35-27-21-18-22-28-35)40-42(44(33)49)47(52)41-39(54-37-30-24-23-29-36(37)48(3,4)5)32-34(45(50)43(41)46(40)51)26-20-17-15-13-11-9-7-2/h18,21-24,27-32,49-50H,6-17,19-20,25-26H2,1-5H3. The largest absolute Gasteiger partial charge is 0.507 e. The van der Waals surface area contributed by atoms with E-state index in [9.17, 15) is 15.0 Å². The molecule has 4 aromatic rings. The second-order valence-electron chi connectivity index (χ2n) is 15.9. The first-order valence-corrected chi connectivity index (χ1v) is 22.1. The number of benzene rings is 4. The van der Waals surface area contributed by atoms with Gasteiger partial charge >= 0.3 is 0 Å². The zero-order valence-corrected chi connectivity index (χ0v) is 34.8. The number of carbonyl (C=O) groups is 2. The lowest BCUT2D eigenvalue weighted by atomic mass is 9.80. The highest BCUT2D eigenvalue weighted by Gasteiger charge is 2.40. The van der Waals surface area contributed by atoms with Gasteiger partial charge in [0.2, 0.25) is 0 Å². The molecule has 4 aromatic carbocycles. The van der Waals surface area contributed by atoms with Crippen molar-refractivity contribution in [3.05, 3.63) is 106 Å². The molecule has 0 spiro atoms. The van der Waals surface area contributed by atoms with E-state index in [1.54, 1.807) is 0 Å². The van der Waals surface area contributed by atoms with Gasteiger partial charge in [0.1, 0.15) is 11.5 Å². The summed E-state index contributed by atoms with van der Waals surface area (Å²) in [5.74, 6) is -1.01. The van der Waals surface area contributed by atoms with E-state index in [1.165, 1.54) is 74.9 Å². The minimum absolute atomic E-state index is 0.0663. The molecule has 0 fully saturated rings. The average molecular weight is 765 g/mol. The van der Waals surface area contributed by atoms with Crippen LogP contribution in [0, 0.1) is 0 Å². The number of aryl methyl sites for hydroxylation is 2. The van der Waals surface area contributed by atoms with Gasteiger partial charge in [-0.05, 0) is 78.1 Å². The molecule has 4 nitrogen and oxygen atoms in total. The molecule has 288 valence electrons. The Morgan fingerprint density at radius 1 is 0.500 bits per heavy atom. The lowest BCUT2D eigenvalue weighted by molar-refractivity contribution is 0.0969. The van der Waals surface area contributed by atoms with E-state index in [2.05, 4.69) is 46.8 Å². The zero-order valence-electron chi connectivity index (χ0n) is 33.2. The molecule has 0 atom stereocenters. The Balaban J connectivity index is 1.59. The van der Waals surface area contributed by atoms with Gasteiger partial charge in [-0.2, -0.15) is 0 Å². The van der Waals surface area contributed by atoms with E-state index < -0.39 is 11.6 Å². The van der Waals surface area contributed by atoms with Crippen LogP contribution in [0.3, 0.4) is 0 Å². The van der Waals surface area contributed by atoms with Crippen molar-refractivity contribution in [2.75, 3.05) is 0 Å². The summed E-state index contributed by atoms with van der Waals surface area (Å²) < 4.78 is 0. The smallest absolute Gasteiger partial charge is 0.199 e. The summed E-state index contributed by atoms with van der Waals surface area (Å²) in [4.78, 5) is 33.2. The van der Waals surface area contributed by atoms with Gasteiger partial charge in [-0.1, -0.05) is 172 Å². The third-order valence-corrected chi connectivity index (χ3v) is 12.7. The maximum absolute atomic E-state index is 15.0. The minimum Gasteiger partial charge on any atom is -0.507 e. The summed E-state index contributed by atoms with van der Waals surface area (Å²) in [6.45, 7) is 11.0. The lowest BCUT2D eigenvalue weighted by Crippen LogP contribution is -2.24. The molecule has 0 amide bonds. The fourth-order valence-corrected chi connectivity index (χ4v) is 9.95. The van der Waals surface area contributed by atoms with Crippen LogP contribution >= 0.6 is 23.5 Å². The van der Waals surface area contributed by atoms with Crippen molar-refractivity contribution >= 4 is 35.1 Å². The molecular weight excluding hydrogens is 705 g/mol. The van der Waals surface area contributed by atoms with E-state index in [-0.39, 0.29) is 39.2 Å². The third-order valence-electron chi connectivity index (χ3n) is 10.6. The summed E-state index contributed by atoms with van der Waals surface area (Å²) >= 11 is 2.92. The van der Waals surface area contributed by atoms with Crippen LogP contribution in [0.2, 0.25) is 0 Å². The molecule has 6 heteroatoms. The highest BCUT2D eigenvalue weighted by molar-refractivity contribution is 7.99. The van der Waals surface area contributed by atoms with Gasteiger partial charge in [-0.15, -0.1) is 0 Å². The number of aromatic hydroxyl groups is 2. The van der Waals surface area contributed by atoms with Gasteiger partial charge in [-0.3, -0.25) is 9.59 Å². The van der Waals surface area contributed by atoms with E-state index in [0.717, 1.165) is 53.9 Å². The first-order chi connectivity index (χ1) is 26.1. The number of rotatable bonds is 20. The number of hydrogen-bond donors (Lipinski definition) is 2. The average Bonchev–Trinajstić information content (AvgIpc) is 3.15. The molecule has 0 heterocycles. The predicted octanol–water partition coefficient (Wildman–Crippen LogP) is 14.1. The molecule has 0 saturated carbocycles. The monoisotopic (exact) mass is 764 g/mol. The highest BCUT2D eigenvalue weighted by Crippen LogP contribution is 2.49. The molecule has 1 aliphatic rings. The van der Waals surface area contributed by atoms with E-state index in [1.807, 2.05) is 54.6 Å². The van der Waals surface area contributed by atoms with Crippen LogP contribution < -0.4 is 0 Å².